The number of hydrogen-bond acceptors (Lipinski definition) is 4. The summed E-state index contributed by atoms with van der Waals surface area (Å²) in [5.74, 6) is 0. The molecule has 0 aromatic heterocycles. The van der Waals surface area contributed by atoms with E-state index < -0.39 is 0 Å². The second kappa shape index (κ2) is 7.22. The smallest absolute Gasteiger partial charge is 0.0826 e. The molecule has 3 unspecified atom stereocenters. The average molecular weight is 230 g/mol. The Kier molecular flexibility index (Phi) is 6.28. The van der Waals surface area contributed by atoms with Gasteiger partial charge in [0.2, 0.25) is 0 Å². The molecule has 1 fully saturated rings. The Morgan fingerprint density at radius 1 is 1.50 bits per heavy atom. The highest BCUT2D eigenvalue weighted by atomic mass is 16.5. The topological polar surface area (TPSA) is 33.7 Å². The van der Waals surface area contributed by atoms with Crippen LogP contribution in [0.3, 0.4) is 0 Å². The van der Waals surface area contributed by atoms with Gasteiger partial charge in [-0.3, -0.25) is 4.90 Å². The zero-order valence-corrected chi connectivity index (χ0v) is 11.0. The lowest BCUT2D eigenvalue weighted by Gasteiger charge is -2.33. The van der Waals surface area contributed by atoms with E-state index in [9.17, 15) is 0 Å². The molecular formula is C12H26N2O2. The summed E-state index contributed by atoms with van der Waals surface area (Å²) in [4.78, 5) is 2.43. The van der Waals surface area contributed by atoms with Crippen LogP contribution < -0.4 is 5.32 Å². The van der Waals surface area contributed by atoms with Crippen LogP contribution in [0.25, 0.3) is 0 Å². The molecule has 0 amide bonds. The Labute approximate surface area is 99.3 Å². The van der Waals surface area contributed by atoms with Crippen molar-refractivity contribution in [1.29, 1.82) is 0 Å². The molecule has 4 nitrogen and oxygen atoms in total. The molecule has 0 aromatic carbocycles. The van der Waals surface area contributed by atoms with Crippen LogP contribution in [-0.4, -0.2) is 63.0 Å². The second-order valence-electron chi connectivity index (χ2n) is 4.52. The maximum Gasteiger partial charge on any atom is 0.0826 e. The highest BCUT2D eigenvalue weighted by molar-refractivity contribution is 4.76. The van der Waals surface area contributed by atoms with E-state index in [1.807, 2.05) is 0 Å². The normalized spacial score (nSPS) is 26.6. The Bertz CT molecular complexity index is 190. The van der Waals surface area contributed by atoms with Crippen LogP contribution in [-0.2, 0) is 9.47 Å². The zero-order valence-electron chi connectivity index (χ0n) is 11.0. The second-order valence-corrected chi connectivity index (χ2v) is 4.52. The third kappa shape index (κ3) is 4.37. The van der Waals surface area contributed by atoms with Crippen LogP contribution in [0.5, 0.6) is 0 Å². The Hall–Kier alpha value is -0.160. The lowest BCUT2D eigenvalue weighted by molar-refractivity contribution is -0.0286. The lowest BCUT2D eigenvalue weighted by Crippen LogP contribution is -2.49. The van der Waals surface area contributed by atoms with E-state index in [4.69, 9.17) is 9.47 Å². The summed E-state index contributed by atoms with van der Waals surface area (Å²) in [6.45, 7) is 11.4. The predicted molar refractivity (Wildman–Crippen MR) is 65.8 cm³/mol. The van der Waals surface area contributed by atoms with Crippen LogP contribution in [0, 0.1) is 0 Å². The van der Waals surface area contributed by atoms with E-state index >= 15 is 0 Å². The maximum absolute atomic E-state index is 5.73. The summed E-state index contributed by atoms with van der Waals surface area (Å²) >= 11 is 0. The van der Waals surface area contributed by atoms with E-state index in [0.717, 1.165) is 32.8 Å². The first-order chi connectivity index (χ1) is 7.67. The molecular weight excluding hydrogens is 204 g/mol. The van der Waals surface area contributed by atoms with E-state index in [1.54, 1.807) is 7.11 Å². The van der Waals surface area contributed by atoms with Crippen molar-refractivity contribution < 1.29 is 9.47 Å². The number of rotatable bonds is 6. The Balaban J connectivity index is 2.21. The van der Waals surface area contributed by atoms with E-state index in [1.165, 1.54) is 0 Å². The molecule has 1 N–H and O–H groups in total. The van der Waals surface area contributed by atoms with Gasteiger partial charge in [-0.1, -0.05) is 6.92 Å². The highest BCUT2D eigenvalue weighted by Gasteiger charge is 2.20. The first-order valence-electron chi connectivity index (χ1n) is 6.27. The zero-order chi connectivity index (χ0) is 12.0. The summed E-state index contributed by atoms with van der Waals surface area (Å²) in [6, 6.07) is 0.366. The molecule has 1 aliphatic heterocycles. The molecule has 1 saturated heterocycles. The van der Waals surface area contributed by atoms with Crippen molar-refractivity contribution in [2.75, 3.05) is 39.9 Å². The third-order valence-corrected chi connectivity index (χ3v) is 3.41. The van der Waals surface area contributed by atoms with Gasteiger partial charge in [-0.25, -0.2) is 0 Å². The summed E-state index contributed by atoms with van der Waals surface area (Å²) in [5.41, 5.74) is 0. The van der Waals surface area contributed by atoms with E-state index in [2.05, 4.69) is 31.0 Å². The number of ether oxygens (including phenoxy) is 2. The maximum atomic E-state index is 5.73. The SMILES string of the molecule is CCN1CCOC(CNC(C)C(C)OC)C1. The van der Waals surface area contributed by atoms with Crippen molar-refractivity contribution in [1.82, 2.24) is 10.2 Å². The predicted octanol–water partition coefficient (Wildman–Crippen LogP) is 0.720. The third-order valence-electron chi connectivity index (χ3n) is 3.41. The first-order valence-corrected chi connectivity index (χ1v) is 6.27. The minimum Gasteiger partial charge on any atom is -0.380 e. The van der Waals surface area contributed by atoms with E-state index in [-0.39, 0.29) is 6.10 Å². The van der Waals surface area contributed by atoms with Gasteiger partial charge in [-0.15, -0.1) is 0 Å². The molecule has 16 heavy (non-hydrogen) atoms. The fourth-order valence-electron chi connectivity index (χ4n) is 1.88. The van der Waals surface area contributed by atoms with Crippen LogP contribution in [0.15, 0.2) is 0 Å². The molecule has 1 rings (SSSR count). The van der Waals surface area contributed by atoms with Gasteiger partial charge in [0, 0.05) is 32.8 Å². The lowest BCUT2D eigenvalue weighted by atomic mass is 10.2. The molecule has 1 heterocycles. The van der Waals surface area contributed by atoms with Crippen molar-refractivity contribution in [2.24, 2.45) is 0 Å². The fourth-order valence-corrected chi connectivity index (χ4v) is 1.88. The molecule has 3 atom stereocenters. The first kappa shape index (κ1) is 13.9. The van der Waals surface area contributed by atoms with Crippen LogP contribution in [0.2, 0.25) is 0 Å². The molecule has 0 radical (unpaired) electrons. The van der Waals surface area contributed by atoms with Gasteiger partial charge in [0.1, 0.15) is 0 Å². The van der Waals surface area contributed by atoms with Crippen LogP contribution in [0.4, 0.5) is 0 Å². The molecule has 0 saturated carbocycles. The summed E-state index contributed by atoms with van der Waals surface area (Å²) < 4.78 is 11.0. The van der Waals surface area contributed by atoms with Gasteiger partial charge in [0.05, 0.1) is 18.8 Å². The van der Waals surface area contributed by atoms with Gasteiger partial charge in [-0.05, 0) is 20.4 Å². The monoisotopic (exact) mass is 230 g/mol. The molecule has 0 bridgehead atoms. The van der Waals surface area contributed by atoms with Gasteiger partial charge >= 0.3 is 0 Å². The molecule has 0 aromatic rings. The number of morpholine rings is 1. The summed E-state index contributed by atoms with van der Waals surface area (Å²) in [6.07, 6.45) is 0.561. The molecule has 1 aliphatic rings. The van der Waals surface area contributed by atoms with Gasteiger partial charge < -0.3 is 14.8 Å². The minimum atomic E-state index is 0.242. The number of hydrogen-bond donors (Lipinski definition) is 1. The largest absolute Gasteiger partial charge is 0.380 e. The van der Waals surface area contributed by atoms with Crippen molar-refractivity contribution >= 4 is 0 Å². The number of nitrogens with one attached hydrogen (secondary N) is 1. The average Bonchev–Trinajstić information content (AvgIpc) is 2.35. The number of likely N-dealkylation sites (N-methyl/N-ethyl adjacent to an activating group) is 1. The summed E-state index contributed by atoms with van der Waals surface area (Å²) in [7, 11) is 1.75. The Morgan fingerprint density at radius 3 is 2.88 bits per heavy atom. The Morgan fingerprint density at radius 2 is 2.25 bits per heavy atom. The van der Waals surface area contributed by atoms with Crippen molar-refractivity contribution in [3.8, 4) is 0 Å². The fraction of sp³-hybridized carbons (Fsp3) is 1.00. The quantitative estimate of drug-likeness (QED) is 0.729. The van der Waals surface area contributed by atoms with Gasteiger partial charge in [0.15, 0.2) is 0 Å². The molecule has 0 aliphatic carbocycles. The minimum absolute atomic E-state index is 0.242. The molecule has 96 valence electrons. The number of methoxy groups -OCH3 is 1. The standard InChI is InChI=1S/C12H26N2O2/c1-5-14-6-7-16-12(9-14)8-13-10(2)11(3)15-4/h10-13H,5-9H2,1-4H3. The van der Waals surface area contributed by atoms with Crippen LogP contribution in [0.1, 0.15) is 20.8 Å². The van der Waals surface area contributed by atoms with Crippen molar-refractivity contribution in [2.45, 2.75) is 39.0 Å². The van der Waals surface area contributed by atoms with Crippen molar-refractivity contribution in [3.63, 3.8) is 0 Å². The van der Waals surface area contributed by atoms with Gasteiger partial charge in [-0.2, -0.15) is 0 Å². The van der Waals surface area contributed by atoms with E-state index in [0.29, 0.717) is 12.1 Å². The molecule has 0 spiro atoms. The number of nitrogens with zero attached hydrogens (tertiary/aromatic N) is 1. The van der Waals surface area contributed by atoms with Crippen LogP contribution >= 0.6 is 0 Å². The molecule has 4 heteroatoms. The highest BCUT2D eigenvalue weighted by Crippen LogP contribution is 2.04. The van der Waals surface area contributed by atoms with Gasteiger partial charge in [0.25, 0.3) is 0 Å². The summed E-state index contributed by atoms with van der Waals surface area (Å²) in [5, 5.41) is 3.47. The van der Waals surface area contributed by atoms with Crippen molar-refractivity contribution in [3.05, 3.63) is 0 Å².